The van der Waals surface area contributed by atoms with Gasteiger partial charge in [0.1, 0.15) is 0 Å². The van der Waals surface area contributed by atoms with E-state index in [0.29, 0.717) is 5.92 Å². The van der Waals surface area contributed by atoms with Gasteiger partial charge in [-0.2, -0.15) is 0 Å². The van der Waals surface area contributed by atoms with E-state index in [2.05, 4.69) is 30.9 Å². The summed E-state index contributed by atoms with van der Waals surface area (Å²) in [5.41, 5.74) is 2.28. The van der Waals surface area contributed by atoms with E-state index in [0.717, 1.165) is 23.6 Å². The molecule has 1 saturated carbocycles. The average molecular weight is 436 g/mol. The van der Waals surface area contributed by atoms with Gasteiger partial charge >= 0.3 is 0 Å². The van der Waals surface area contributed by atoms with Gasteiger partial charge in [0.15, 0.2) is 0 Å². The highest BCUT2D eigenvalue weighted by Crippen LogP contribution is 2.37. The number of benzene rings is 1. The van der Waals surface area contributed by atoms with Crippen molar-refractivity contribution in [3.63, 3.8) is 0 Å². The molecule has 1 fully saturated rings. The number of aliphatic hydroxyl groups is 1. The Balaban J connectivity index is 1.85. The first kappa shape index (κ1) is 25.7. The summed E-state index contributed by atoms with van der Waals surface area (Å²) >= 11 is 6.64. The molecule has 0 bridgehead atoms. The summed E-state index contributed by atoms with van der Waals surface area (Å²) < 4.78 is 0. The fourth-order valence-electron chi connectivity index (χ4n) is 4.83. The van der Waals surface area contributed by atoms with Crippen LogP contribution in [0.15, 0.2) is 18.2 Å². The van der Waals surface area contributed by atoms with Crippen molar-refractivity contribution in [2.75, 3.05) is 19.6 Å². The quantitative estimate of drug-likeness (QED) is 0.280. The van der Waals surface area contributed by atoms with Crippen LogP contribution < -0.4 is 0 Å². The molecule has 0 aromatic heterocycles. The Morgan fingerprint density at radius 1 is 0.900 bits per heavy atom. The topological polar surface area (TPSA) is 23.5 Å². The largest absolute Gasteiger partial charge is 0.388 e. The van der Waals surface area contributed by atoms with Crippen LogP contribution in [0.5, 0.6) is 0 Å². The molecule has 172 valence electrons. The van der Waals surface area contributed by atoms with Crippen LogP contribution in [0, 0.1) is 0 Å². The third-order valence-electron chi connectivity index (χ3n) is 6.83. The highest BCUT2D eigenvalue weighted by Gasteiger charge is 2.19. The third kappa shape index (κ3) is 9.28. The zero-order chi connectivity index (χ0) is 21.6. The molecule has 0 spiro atoms. The van der Waals surface area contributed by atoms with Crippen molar-refractivity contribution >= 4 is 11.6 Å². The Morgan fingerprint density at radius 3 is 2.10 bits per heavy atom. The number of aliphatic hydroxyl groups excluding tert-OH is 1. The van der Waals surface area contributed by atoms with Gasteiger partial charge in [-0.1, -0.05) is 95.4 Å². The molecule has 1 aliphatic carbocycles. The van der Waals surface area contributed by atoms with Crippen LogP contribution in [-0.4, -0.2) is 29.6 Å². The second-order valence-corrected chi connectivity index (χ2v) is 9.79. The standard InChI is InChI=1S/C27H46ClNO/c1-3-5-7-12-19-29(20-13-8-6-4-2)21-18-27(30)24-16-17-25(26(28)22-24)23-14-10-9-11-15-23/h16-17,22-23,27,30H,3-15,18-21H2,1-2H3. The highest BCUT2D eigenvalue weighted by atomic mass is 35.5. The monoisotopic (exact) mass is 435 g/mol. The molecule has 1 aromatic rings. The SMILES string of the molecule is CCCCCCN(CCCCCC)CCC(O)c1ccc(C2CCCCC2)c(Cl)c1. The number of hydrogen-bond acceptors (Lipinski definition) is 2. The summed E-state index contributed by atoms with van der Waals surface area (Å²) in [5, 5.41) is 11.7. The minimum Gasteiger partial charge on any atom is -0.388 e. The van der Waals surface area contributed by atoms with E-state index < -0.39 is 6.10 Å². The summed E-state index contributed by atoms with van der Waals surface area (Å²) in [5.74, 6) is 0.610. The minimum atomic E-state index is -0.420. The van der Waals surface area contributed by atoms with Crippen LogP contribution in [0.1, 0.15) is 127 Å². The Labute approximate surface area is 191 Å². The fraction of sp³-hybridized carbons (Fsp3) is 0.778. The molecule has 1 aliphatic rings. The van der Waals surface area contributed by atoms with Crippen LogP contribution in [-0.2, 0) is 0 Å². The van der Waals surface area contributed by atoms with Gasteiger partial charge in [-0.25, -0.2) is 0 Å². The highest BCUT2D eigenvalue weighted by molar-refractivity contribution is 6.31. The van der Waals surface area contributed by atoms with E-state index in [4.69, 9.17) is 11.6 Å². The molecule has 0 heterocycles. The van der Waals surface area contributed by atoms with Gasteiger partial charge in [-0.15, -0.1) is 0 Å². The third-order valence-corrected chi connectivity index (χ3v) is 7.16. The maximum atomic E-state index is 10.8. The van der Waals surface area contributed by atoms with Crippen LogP contribution >= 0.6 is 11.6 Å². The maximum absolute atomic E-state index is 10.8. The van der Waals surface area contributed by atoms with Gasteiger partial charge in [0.05, 0.1) is 6.10 Å². The van der Waals surface area contributed by atoms with Crippen molar-refractivity contribution in [3.8, 4) is 0 Å². The van der Waals surface area contributed by atoms with E-state index in [-0.39, 0.29) is 0 Å². The second kappa shape index (κ2) is 15.3. The summed E-state index contributed by atoms with van der Waals surface area (Å²) in [6, 6.07) is 6.33. The van der Waals surface area contributed by atoms with Crippen LogP contribution in [0.25, 0.3) is 0 Å². The van der Waals surface area contributed by atoms with Crippen molar-refractivity contribution in [1.82, 2.24) is 4.90 Å². The van der Waals surface area contributed by atoms with Gasteiger partial charge in [-0.3, -0.25) is 0 Å². The van der Waals surface area contributed by atoms with Crippen LogP contribution in [0.4, 0.5) is 0 Å². The zero-order valence-electron chi connectivity index (χ0n) is 19.7. The van der Waals surface area contributed by atoms with E-state index in [9.17, 15) is 5.11 Å². The van der Waals surface area contributed by atoms with E-state index in [1.165, 1.54) is 102 Å². The molecule has 2 rings (SSSR count). The molecule has 1 atom stereocenters. The van der Waals surface area contributed by atoms with Gasteiger partial charge < -0.3 is 10.0 Å². The van der Waals surface area contributed by atoms with E-state index in [1.54, 1.807) is 0 Å². The minimum absolute atomic E-state index is 0.420. The average Bonchev–Trinajstić information content (AvgIpc) is 2.77. The molecule has 0 saturated heterocycles. The summed E-state index contributed by atoms with van der Waals surface area (Å²) in [6.07, 6.45) is 17.3. The van der Waals surface area contributed by atoms with E-state index in [1.807, 2.05) is 6.07 Å². The van der Waals surface area contributed by atoms with Gasteiger partial charge in [0.2, 0.25) is 0 Å². The molecule has 0 amide bonds. The molecular formula is C27H46ClNO. The maximum Gasteiger partial charge on any atom is 0.0802 e. The Kier molecular flexibility index (Phi) is 13.1. The van der Waals surface area contributed by atoms with Crippen molar-refractivity contribution in [1.29, 1.82) is 0 Å². The number of nitrogens with zero attached hydrogens (tertiary/aromatic N) is 1. The van der Waals surface area contributed by atoms with Crippen molar-refractivity contribution in [2.24, 2.45) is 0 Å². The van der Waals surface area contributed by atoms with Gasteiger partial charge in [0, 0.05) is 11.6 Å². The molecular weight excluding hydrogens is 390 g/mol. The predicted molar refractivity (Wildman–Crippen MR) is 132 cm³/mol. The lowest BCUT2D eigenvalue weighted by atomic mass is 9.83. The predicted octanol–water partition coefficient (Wildman–Crippen LogP) is 8.27. The normalized spacial score (nSPS) is 16.3. The first-order valence-electron chi connectivity index (χ1n) is 12.9. The van der Waals surface area contributed by atoms with Gasteiger partial charge in [-0.05, 0) is 68.3 Å². The lowest BCUT2D eigenvalue weighted by Gasteiger charge is -2.25. The van der Waals surface area contributed by atoms with Gasteiger partial charge in [0.25, 0.3) is 0 Å². The molecule has 1 aromatic carbocycles. The van der Waals surface area contributed by atoms with Crippen molar-refractivity contribution < 1.29 is 5.11 Å². The number of hydrogen-bond donors (Lipinski definition) is 1. The fourth-order valence-corrected chi connectivity index (χ4v) is 5.17. The van der Waals surface area contributed by atoms with Crippen molar-refractivity contribution in [3.05, 3.63) is 34.3 Å². The Hall–Kier alpha value is -0.570. The number of rotatable bonds is 15. The molecule has 0 radical (unpaired) electrons. The van der Waals surface area contributed by atoms with Crippen LogP contribution in [0.3, 0.4) is 0 Å². The molecule has 2 nitrogen and oxygen atoms in total. The molecule has 0 aliphatic heterocycles. The Bertz CT molecular complexity index is 558. The molecule has 3 heteroatoms. The first-order valence-corrected chi connectivity index (χ1v) is 13.2. The molecule has 30 heavy (non-hydrogen) atoms. The Morgan fingerprint density at radius 2 is 1.53 bits per heavy atom. The summed E-state index contributed by atoms with van der Waals surface area (Å²) in [7, 11) is 0. The number of unbranched alkanes of at least 4 members (excludes halogenated alkanes) is 6. The zero-order valence-corrected chi connectivity index (χ0v) is 20.4. The smallest absolute Gasteiger partial charge is 0.0802 e. The lowest BCUT2D eigenvalue weighted by molar-refractivity contribution is 0.140. The molecule has 1 unspecified atom stereocenters. The van der Waals surface area contributed by atoms with E-state index >= 15 is 0 Å². The molecule has 1 N–H and O–H groups in total. The number of halogens is 1. The lowest BCUT2D eigenvalue weighted by Crippen LogP contribution is -2.28. The second-order valence-electron chi connectivity index (χ2n) is 9.38. The van der Waals surface area contributed by atoms with Crippen molar-refractivity contribution in [2.45, 2.75) is 116 Å². The summed E-state index contributed by atoms with van der Waals surface area (Å²) in [4.78, 5) is 2.58. The first-order chi connectivity index (χ1) is 14.7. The summed E-state index contributed by atoms with van der Waals surface area (Å²) in [6.45, 7) is 7.84. The van der Waals surface area contributed by atoms with Crippen LogP contribution in [0.2, 0.25) is 5.02 Å².